The summed E-state index contributed by atoms with van der Waals surface area (Å²) in [4.78, 5) is 63.0. The quantitative estimate of drug-likeness (QED) is 0.112. The fourth-order valence-electron chi connectivity index (χ4n) is 13.4. The van der Waals surface area contributed by atoms with Crippen molar-refractivity contribution >= 4 is 23.4 Å². The summed E-state index contributed by atoms with van der Waals surface area (Å²) in [5, 5.41) is 12.5. The van der Waals surface area contributed by atoms with Crippen LogP contribution in [0.5, 0.6) is 0 Å². The molecular formula is C61H103NO12. The van der Waals surface area contributed by atoms with Gasteiger partial charge in [0.15, 0.2) is 0 Å². The summed E-state index contributed by atoms with van der Waals surface area (Å²) in [6.45, 7) is 39.8. The van der Waals surface area contributed by atoms with Crippen LogP contribution in [-0.2, 0) is 52.3 Å². The maximum absolute atomic E-state index is 15.6. The van der Waals surface area contributed by atoms with Gasteiger partial charge < -0.3 is 43.2 Å². The van der Waals surface area contributed by atoms with Crippen LogP contribution >= 0.6 is 0 Å². The number of rotatable bonds is 12. The summed E-state index contributed by atoms with van der Waals surface area (Å²) in [5.74, 6) is -7.75. The first kappa shape index (κ1) is 62.1. The molecular weight excluding hydrogens is 939 g/mol. The van der Waals surface area contributed by atoms with Crippen molar-refractivity contribution in [2.24, 2.45) is 64.6 Å². The molecule has 74 heavy (non-hydrogen) atoms. The second-order valence-corrected chi connectivity index (χ2v) is 24.7. The topological polar surface area (TPSA) is 156 Å². The summed E-state index contributed by atoms with van der Waals surface area (Å²) in [6, 6.07) is -1.85. The van der Waals surface area contributed by atoms with Crippen molar-refractivity contribution in [2.75, 3.05) is 28.4 Å². The summed E-state index contributed by atoms with van der Waals surface area (Å²) < 4.78 is 54.3. The number of methoxy groups -OCH3 is 4. The Kier molecular flexibility index (Phi) is 21.3. The van der Waals surface area contributed by atoms with Crippen LogP contribution in [0.1, 0.15) is 171 Å². The third-order valence-corrected chi connectivity index (χ3v) is 20.4. The van der Waals surface area contributed by atoms with Crippen LogP contribution in [0.25, 0.3) is 0 Å². The Hall–Kier alpha value is -2.78. The van der Waals surface area contributed by atoms with E-state index in [2.05, 4.69) is 47.3 Å². The van der Waals surface area contributed by atoms with E-state index in [0.717, 1.165) is 16.7 Å². The lowest BCUT2D eigenvalue weighted by molar-refractivity contribution is -0.317. The molecule has 3 aliphatic heterocycles. The molecule has 2 bridgehead atoms. The van der Waals surface area contributed by atoms with Gasteiger partial charge in [0.25, 0.3) is 11.7 Å². The van der Waals surface area contributed by atoms with E-state index in [4.69, 9.17) is 34.5 Å². The summed E-state index contributed by atoms with van der Waals surface area (Å²) in [6.07, 6.45) is 0.706. The first-order valence-corrected chi connectivity index (χ1v) is 28.0. The van der Waals surface area contributed by atoms with Gasteiger partial charge in [0.05, 0.1) is 37.0 Å². The number of aliphatic hydroxyl groups excluding tert-OH is 1. The predicted octanol–water partition coefficient (Wildman–Crippen LogP) is 10.9. The Morgan fingerprint density at radius 1 is 0.892 bits per heavy atom. The van der Waals surface area contributed by atoms with Gasteiger partial charge in [-0.05, 0) is 139 Å². The van der Waals surface area contributed by atoms with Crippen LogP contribution in [-0.4, -0.2) is 128 Å². The third-order valence-electron chi connectivity index (χ3n) is 20.4. The second kappa shape index (κ2) is 25.3. The smallest absolute Gasteiger partial charge is 0.329 e. The number of hydrogen-bond donors (Lipinski definition) is 1. The first-order valence-electron chi connectivity index (χ1n) is 28.5. The number of amides is 1. The van der Waals surface area contributed by atoms with Gasteiger partial charge in [-0.25, -0.2) is 4.79 Å². The molecule has 0 aromatic rings. The molecule has 19 atom stereocenters. The monoisotopic (exact) mass is 1040 g/mol. The Balaban J connectivity index is 2.06. The molecule has 1 amide bonds. The SMILES string of the molecule is [2H]C(C)(C)O[C@]1(C)C(C)[C@H](/C=C(\C(C)C)[C@H]2OC(=O)[C@@H]3CC(C)C(C)(C)C(C)N3C(=O)C(=O)[C@]3(OC)O[C@@H]([C@@H](OC)C[C@H]3CC)[C@@H](OC)C(C)[C@@H](C)C(C)/C(C)=C(\C)[C@@H](CC=C)C(=O)C[C@H](O)[C@H]2C)CC[C@@]1(C)OC. The van der Waals surface area contributed by atoms with Crippen LogP contribution in [0.15, 0.2) is 35.5 Å². The van der Waals surface area contributed by atoms with Crippen LogP contribution in [0.4, 0.5) is 0 Å². The molecule has 0 aromatic heterocycles. The van der Waals surface area contributed by atoms with Crippen molar-refractivity contribution in [1.29, 1.82) is 0 Å². The van der Waals surface area contributed by atoms with Gasteiger partial charge in [0.1, 0.15) is 24.0 Å². The molecule has 1 aliphatic carbocycles. The molecule has 3 heterocycles. The number of cyclic esters (lactones) is 1. The van der Waals surface area contributed by atoms with Crippen molar-refractivity contribution in [3.05, 3.63) is 35.5 Å². The van der Waals surface area contributed by atoms with E-state index >= 15 is 14.4 Å². The average Bonchev–Trinajstić information content (AvgIpc) is 3.35. The number of esters is 1. The van der Waals surface area contributed by atoms with E-state index in [1.54, 1.807) is 41.3 Å². The number of carbonyl (C=O) groups is 4. The number of ether oxygens (including phenoxy) is 7. The molecule has 5 unspecified atom stereocenters. The Morgan fingerprint density at radius 2 is 1.51 bits per heavy atom. The van der Waals surface area contributed by atoms with Gasteiger partial charge in [0, 0.05) is 58.7 Å². The molecule has 3 fully saturated rings. The van der Waals surface area contributed by atoms with Gasteiger partial charge in [-0.1, -0.05) is 99.5 Å². The number of fused-ring (bicyclic) bond motifs is 3. The molecule has 0 spiro atoms. The van der Waals surface area contributed by atoms with Gasteiger partial charge in [-0.3, -0.25) is 14.4 Å². The minimum absolute atomic E-state index is 0.0502. The molecule has 13 heteroatoms. The Labute approximate surface area is 449 Å². The zero-order valence-electron chi connectivity index (χ0n) is 51.0. The number of piperidine rings is 1. The van der Waals surface area contributed by atoms with Crippen molar-refractivity contribution < 1.29 is 58.8 Å². The van der Waals surface area contributed by atoms with Crippen LogP contribution < -0.4 is 0 Å². The van der Waals surface area contributed by atoms with Crippen molar-refractivity contribution in [2.45, 2.75) is 235 Å². The minimum Gasteiger partial charge on any atom is -0.456 e. The van der Waals surface area contributed by atoms with E-state index in [9.17, 15) is 9.90 Å². The molecule has 4 rings (SSSR count). The summed E-state index contributed by atoms with van der Waals surface area (Å²) in [7, 11) is 6.30. The number of Topliss-reactive ketones (excluding diaryl/α,β-unsaturated/α-hetero) is 2. The fraction of sp³-hybridized carbons (Fsp3) is 0.836. The Bertz CT molecular complexity index is 2080. The average molecular weight is 1040 g/mol. The lowest BCUT2D eigenvalue weighted by Gasteiger charge is -2.55. The van der Waals surface area contributed by atoms with E-state index in [1.165, 1.54) is 12.0 Å². The summed E-state index contributed by atoms with van der Waals surface area (Å²) >= 11 is 0. The first-order chi connectivity index (χ1) is 34.7. The maximum Gasteiger partial charge on any atom is 0.329 e. The third kappa shape index (κ3) is 12.1. The highest BCUT2D eigenvalue weighted by atomic mass is 16.7. The predicted molar refractivity (Wildman–Crippen MR) is 291 cm³/mol. The number of aliphatic hydroxyl groups is 1. The zero-order valence-corrected chi connectivity index (χ0v) is 50.0. The highest BCUT2D eigenvalue weighted by Gasteiger charge is 2.62. The van der Waals surface area contributed by atoms with Crippen LogP contribution in [0.2, 0.25) is 0 Å². The van der Waals surface area contributed by atoms with Crippen LogP contribution in [0, 0.1) is 64.6 Å². The summed E-state index contributed by atoms with van der Waals surface area (Å²) in [5.41, 5.74) is 0.466. The van der Waals surface area contributed by atoms with Crippen LogP contribution in [0.3, 0.4) is 0 Å². The molecule has 4 aliphatic rings. The number of ketones is 2. The zero-order chi connectivity index (χ0) is 57.2. The number of carbonyl (C=O) groups excluding carboxylic acids is 4. The highest BCUT2D eigenvalue weighted by Crippen LogP contribution is 2.51. The molecule has 424 valence electrons. The highest BCUT2D eigenvalue weighted by molar-refractivity contribution is 6.39. The van der Waals surface area contributed by atoms with E-state index in [0.29, 0.717) is 32.1 Å². The number of hydrogen-bond acceptors (Lipinski definition) is 12. The maximum atomic E-state index is 15.6. The fourth-order valence-corrected chi connectivity index (χ4v) is 13.4. The largest absolute Gasteiger partial charge is 0.456 e. The molecule has 0 radical (unpaired) electrons. The van der Waals surface area contributed by atoms with Gasteiger partial charge >= 0.3 is 5.97 Å². The number of nitrogens with zero attached hydrogens (tertiary/aromatic N) is 1. The van der Waals surface area contributed by atoms with Gasteiger partial charge in [0.2, 0.25) is 5.79 Å². The lowest BCUT2D eigenvalue weighted by Crippen LogP contribution is -2.68. The van der Waals surface area contributed by atoms with Crippen molar-refractivity contribution in [3.8, 4) is 0 Å². The molecule has 2 saturated heterocycles. The van der Waals surface area contributed by atoms with E-state index < -0.39 is 107 Å². The standard InChI is InChI=1S/C61H103NO12/c1-24-26-46-39(11)37(9)36(8)38(10)40(12)53(69-21)54-51(68-20)31-45(25-2)61(71-23,74-54)55(65)56(66)62-43(15)58(16,17)35(7)29-48(62)57(67)72-52(41(13)49(63)32-50(46)64)47(33(3)4)30-44-27-28-59(18,70-22)60(19,42(44)14)73-34(5)6/h24,30,33-36,38,40-46,48-49,51-54,63H,1,25-29,31-32H2,2-23H3/b39-37+,47-30+/t35?,36?,38-,40?,41+,42?,43?,44-,45+,46+,48-,49-,51-,52-,53-,54-,59+,60+,61+/m0/s1/i34D. The molecule has 1 saturated carbocycles. The lowest BCUT2D eigenvalue weighted by atomic mass is 9.62. The van der Waals surface area contributed by atoms with Gasteiger partial charge in [-0.15, -0.1) is 6.58 Å². The van der Waals surface area contributed by atoms with Crippen molar-refractivity contribution in [3.63, 3.8) is 0 Å². The van der Waals surface area contributed by atoms with Gasteiger partial charge in [-0.2, -0.15) is 0 Å². The van der Waals surface area contributed by atoms with E-state index in [-0.39, 0.29) is 60.1 Å². The Morgan fingerprint density at radius 3 is 2.03 bits per heavy atom. The van der Waals surface area contributed by atoms with E-state index in [1.807, 2.05) is 76.2 Å². The molecule has 0 aromatic carbocycles. The van der Waals surface area contributed by atoms with Crippen molar-refractivity contribution in [1.82, 2.24) is 4.90 Å². The number of allylic oxidation sites excluding steroid dienone is 4. The minimum atomic E-state index is -2.06. The molecule has 1 N–H and O–H groups in total. The molecule has 13 nitrogen and oxygen atoms in total. The second-order valence-electron chi connectivity index (χ2n) is 24.7. The normalized spacial score (nSPS) is 43.1.